The molecule has 13 heavy (non-hydrogen) atoms. The van der Waals surface area contributed by atoms with Gasteiger partial charge in [-0.2, -0.15) is 0 Å². The van der Waals surface area contributed by atoms with E-state index in [1.165, 1.54) is 0 Å². The lowest BCUT2D eigenvalue weighted by molar-refractivity contribution is 0.318. The topological polar surface area (TPSA) is 61.3 Å². The van der Waals surface area contributed by atoms with Crippen LogP contribution >= 0.6 is 11.6 Å². The van der Waals surface area contributed by atoms with Crippen LogP contribution in [0.1, 0.15) is 13.3 Å². The molecule has 4 heteroatoms. The van der Waals surface area contributed by atoms with Crippen molar-refractivity contribution >= 4 is 23.0 Å². The summed E-state index contributed by atoms with van der Waals surface area (Å²) < 4.78 is 5.35. The van der Waals surface area contributed by atoms with Crippen molar-refractivity contribution in [3.63, 3.8) is 0 Å². The zero-order chi connectivity index (χ0) is 9.84. The van der Waals surface area contributed by atoms with Gasteiger partial charge in [0.15, 0.2) is 0 Å². The molecule has 1 rings (SSSR count). The lowest BCUT2D eigenvalue weighted by Crippen LogP contribution is -1.99. The predicted octanol–water partition coefficient (Wildman–Crippen LogP) is 2.29. The van der Waals surface area contributed by atoms with Crippen molar-refractivity contribution in [2.75, 3.05) is 18.1 Å². The highest BCUT2D eigenvalue weighted by Gasteiger charge is 2.04. The molecular weight excluding hydrogens is 188 g/mol. The van der Waals surface area contributed by atoms with E-state index in [4.69, 9.17) is 27.8 Å². The second kappa shape index (κ2) is 4.23. The predicted molar refractivity (Wildman–Crippen MR) is 56.1 cm³/mol. The molecule has 0 saturated heterocycles. The second-order valence-corrected chi connectivity index (χ2v) is 3.17. The van der Waals surface area contributed by atoms with Crippen LogP contribution in [-0.4, -0.2) is 6.61 Å². The number of nitrogen functional groups attached to an aromatic ring is 2. The molecule has 0 bridgehead atoms. The highest BCUT2D eigenvalue weighted by Crippen LogP contribution is 2.31. The first-order valence-electron chi connectivity index (χ1n) is 4.12. The first kappa shape index (κ1) is 9.99. The number of nitrogens with two attached hydrogens (primary N) is 2. The molecular formula is C9H13ClN2O. The van der Waals surface area contributed by atoms with Gasteiger partial charge in [-0.1, -0.05) is 18.5 Å². The molecule has 0 saturated carbocycles. The van der Waals surface area contributed by atoms with E-state index in [0.717, 1.165) is 6.42 Å². The molecule has 3 nitrogen and oxygen atoms in total. The van der Waals surface area contributed by atoms with Crippen LogP contribution in [0.5, 0.6) is 5.75 Å². The number of benzene rings is 1. The molecule has 0 aliphatic carbocycles. The van der Waals surface area contributed by atoms with E-state index >= 15 is 0 Å². The van der Waals surface area contributed by atoms with Gasteiger partial charge in [-0.3, -0.25) is 0 Å². The van der Waals surface area contributed by atoms with Crippen molar-refractivity contribution in [2.24, 2.45) is 0 Å². The smallest absolute Gasteiger partial charge is 0.140 e. The maximum atomic E-state index is 5.88. The van der Waals surface area contributed by atoms with Crippen LogP contribution in [0, 0.1) is 0 Å². The maximum absolute atomic E-state index is 5.88. The first-order valence-corrected chi connectivity index (χ1v) is 4.50. The summed E-state index contributed by atoms with van der Waals surface area (Å²) in [5.74, 6) is 0.593. The molecule has 0 unspecified atom stereocenters. The van der Waals surface area contributed by atoms with Crippen molar-refractivity contribution < 1.29 is 4.74 Å². The summed E-state index contributed by atoms with van der Waals surface area (Å²) in [6.45, 7) is 2.65. The van der Waals surface area contributed by atoms with E-state index in [1.54, 1.807) is 12.1 Å². The molecule has 72 valence electrons. The summed E-state index contributed by atoms with van der Waals surface area (Å²) in [4.78, 5) is 0. The molecule has 0 heterocycles. The van der Waals surface area contributed by atoms with Gasteiger partial charge < -0.3 is 16.2 Å². The number of hydrogen-bond acceptors (Lipinski definition) is 3. The fourth-order valence-corrected chi connectivity index (χ4v) is 1.13. The van der Waals surface area contributed by atoms with Gasteiger partial charge >= 0.3 is 0 Å². The van der Waals surface area contributed by atoms with E-state index < -0.39 is 0 Å². The van der Waals surface area contributed by atoms with Crippen molar-refractivity contribution in [3.05, 3.63) is 17.2 Å². The lowest BCUT2D eigenvalue weighted by atomic mass is 10.2. The summed E-state index contributed by atoms with van der Waals surface area (Å²) in [5, 5.41) is 0.500. The summed E-state index contributed by atoms with van der Waals surface area (Å²) in [6.07, 6.45) is 0.931. The zero-order valence-electron chi connectivity index (χ0n) is 7.51. The van der Waals surface area contributed by atoms with Crippen LogP contribution in [0.4, 0.5) is 11.4 Å². The maximum Gasteiger partial charge on any atom is 0.140 e. The molecule has 0 aliphatic rings. The van der Waals surface area contributed by atoms with Crippen molar-refractivity contribution in [1.29, 1.82) is 0 Å². The Labute approximate surface area is 82.6 Å². The van der Waals surface area contributed by atoms with Gasteiger partial charge in [-0.05, 0) is 12.5 Å². The average molecular weight is 201 g/mol. The third-order valence-corrected chi connectivity index (χ3v) is 1.89. The molecule has 1 aromatic rings. The number of anilines is 2. The normalized spacial score (nSPS) is 10.0. The third-order valence-electron chi connectivity index (χ3n) is 1.60. The van der Waals surface area contributed by atoms with Gasteiger partial charge in [0.1, 0.15) is 5.75 Å². The molecule has 0 fully saturated rings. The minimum absolute atomic E-state index is 0.480. The van der Waals surface area contributed by atoms with E-state index in [1.807, 2.05) is 6.92 Å². The molecule has 0 aliphatic heterocycles. The number of rotatable bonds is 3. The Kier molecular flexibility index (Phi) is 3.25. The SMILES string of the molecule is CCCOc1cc(N)c(N)cc1Cl. The fourth-order valence-electron chi connectivity index (χ4n) is 0.907. The lowest BCUT2D eigenvalue weighted by Gasteiger charge is -2.08. The summed E-state index contributed by atoms with van der Waals surface area (Å²) in [6, 6.07) is 3.25. The quantitative estimate of drug-likeness (QED) is 0.736. The van der Waals surface area contributed by atoms with E-state index in [9.17, 15) is 0 Å². The van der Waals surface area contributed by atoms with E-state index in [2.05, 4.69) is 0 Å². The third kappa shape index (κ3) is 2.42. The average Bonchev–Trinajstić information content (AvgIpc) is 2.09. The Morgan fingerprint density at radius 1 is 1.31 bits per heavy atom. The number of halogens is 1. The largest absolute Gasteiger partial charge is 0.492 e. The molecule has 4 N–H and O–H groups in total. The van der Waals surface area contributed by atoms with Gasteiger partial charge in [0.2, 0.25) is 0 Å². The summed E-state index contributed by atoms with van der Waals surface area (Å²) in [5.41, 5.74) is 12.1. The highest BCUT2D eigenvalue weighted by molar-refractivity contribution is 6.32. The van der Waals surface area contributed by atoms with Crippen LogP contribution in [-0.2, 0) is 0 Å². The van der Waals surface area contributed by atoms with Crippen molar-refractivity contribution in [2.45, 2.75) is 13.3 Å². The Hall–Kier alpha value is -1.09. The van der Waals surface area contributed by atoms with E-state index in [0.29, 0.717) is 28.8 Å². The molecule has 0 amide bonds. The molecule has 0 radical (unpaired) electrons. The summed E-state index contributed by atoms with van der Waals surface area (Å²) >= 11 is 5.88. The number of hydrogen-bond donors (Lipinski definition) is 2. The second-order valence-electron chi connectivity index (χ2n) is 2.76. The van der Waals surface area contributed by atoms with Gasteiger partial charge in [-0.25, -0.2) is 0 Å². The van der Waals surface area contributed by atoms with Crippen molar-refractivity contribution in [1.82, 2.24) is 0 Å². The van der Waals surface area contributed by atoms with Crippen LogP contribution in [0.15, 0.2) is 12.1 Å². The minimum atomic E-state index is 0.480. The molecule has 0 atom stereocenters. The number of ether oxygens (including phenoxy) is 1. The Morgan fingerprint density at radius 3 is 2.54 bits per heavy atom. The highest BCUT2D eigenvalue weighted by atomic mass is 35.5. The van der Waals surface area contributed by atoms with Crippen LogP contribution in [0.2, 0.25) is 5.02 Å². The fraction of sp³-hybridized carbons (Fsp3) is 0.333. The van der Waals surface area contributed by atoms with Crippen LogP contribution < -0.4 is 16.2 Å². The van der Waals surface area contributed by atoms with Crippen molar-refractivity contribution in [3.8, 4) is 5.75 Å². The van der Waals surface area contributed by atoms with E-state index in [-0.39, 0.29) is 0 Å². The minimum Gasteiger partial charge on any atom is -0.492 e. The standard InChI is InChI=1S/C9H13ClN2O/c1-2-3-13-9-5-8(12)7(11)4-6(9)10/h4-5H,2-3,11-12H2,1H3. The van der Waals surface area contributed by atoms with Crippen LogP contribution in [0.3, 0.4) is 0 Å². The van der Waals surface area contributed by atoms with Gasteiger partial charge in [0.05, 0.1) is 23.0 Å². The zero-order valence-corrected chi connectivity index (χ0v) is 8.27. The van der Waals surface area contributed by atoms with Gasteiger partial charge in [0.25, 0.3) is 0 Å². The Bertz CT molecular complexity index is 302. The molecule has 0 spiro atoms. The summed E-state index contributed by atoms with van der Waals surface area (Å²) in [7, 11) is 0. The molecule has 1 aromatic carbocycles. The Morgan fingerprint density at radius 2 is 1.92 bits per heavy atom. The first-order chi connectivity index (χ1) is 6.15. The van der Waals surface area contributed by atoms with Gasteiger partial charge in [0, 0.05) is 6.07 Å². The van der Waals surface area contributed by atoms with Crippen LogP contribution in [0.25, 0.3) is 0 Å². The monoisotopic (exact) mass is 200 g/mol. The van der Waals surface area contributed by atoms with Gasteiger partial charge in [-0.15, -0.1) is 0 Å². The Balaban J connectivity index is 2.88. The molecule has 0 aromatic heterocycles.